The second-order valence-electron chi connectivity index (χ2n) is 8.55. The molecule has 148 valence electrons. The van der Waals surface area contributed by atoms with Gasteiger partial charge in [-0.1, -0.05) is 11.2 Å². The summed E-state index contributed by atoms with van der Waals surface area (Å²) in [6, 6.07) is 7.75. The summed E-state index contributed by atoms with van der Waals surface area (Å²) in [5.41, 5.74) is 2.69. The van der Waals surface area contributed by atoms with Gasteiger partial charge in [0, 0.05) is 36.8 Å². The number of nitrogens with one attached hydrogen (secondary N) is 1. The number of rotatable bonds is 3. The third-order valence-corrected chi connectivity index (χ3v) is 5.06. The first-order valence-corrected chi connectivity index (χ1v) is 9.79. The Labute approximate surface area is 164 Å². The lowest BCUT2D eigenvalue weighted by atomic mass is 9.92. The Kier molecular flexibility index (Phi) is 4.61. The Bertz CT molecular complexity index is 990. The van der Waals surface area contributed by atoms with Crippen molar-refractivity contribution in [2.75, 3.05) is 18.4 Å². The van der Waals surface area contributed by atoms with Crippen LogP contribution in [0.2, 0.25) is 0 Å². The van der Waals surface area contributed by atoms with E-state index < -0.39 is 0 Å². The van der Waals surface area contributed by atoms with Crippen LogP contribution in [-0.4, -0.2) is 44.0 Å². The number of carbonyl (C=O) groups is 1. The average molecular weight is 381 g/mol. The number of anilines is 1. The van der Waals surface area contributed by atoms with Crippen LogP contribution in [-0.2, 0) is 0 Å². The van der Waals surface area contributed by atoms with Crippen molar-refractivity contribution in [3.63, 3.8) is 0 Å². The summed E-state index contributed by atoms with van der Waals surface area (Å²) in [6.07, 6.45) is 3.80. The number of imidazole rings is 1. The minimum atomic E-state index is -0.0814. The maximum atomic E-state index is 12.6. The maximum Gasteiger partial charge on any atom is 0.292 e. The van der Waals surface area contributed by atoms with Crippen molar-refractivity contribution in [1.29, 1.82) is 0 Å². The van der Waals surface area contributed by atoms with Crippen LogP contribution in [0.3, 0.4) is 0 Å². The molecule has 0 atom stereocenters. The molecule has 4 rings (SSSR count). The minimum Gasteiger partial charge on any atom is -0.365 e. The molecule has 0 aromatic carbocycles. The quantitative estimate of drug-likeness (QED) is 0.745. The van der Waals surface area contributed by atoms with E-state index in [9.17, 15) is 4.79 Å². The summed E-state index contributed by atoms with van der Waals surface area (Å²) in [4.78, 5) is 19.4. The number of nitrogens with zero attached hydrogens (tertiary/aromatic N) is 4. The van der Waals surface area contributed by atoms with E-state index in [0.717, 1.165) is 35.7 Å². The normalized spacial score (nSPS) is 15.9. The number of pyridine rings is 1. The van der Waals surface area contributed by atoms with E-state index in [1.807, 2.05) is 36.2 Å². The van der Waals surface area contributed by atoms with E-state index in [1.165, 1.54) is 0 Å². The molecular formula is C21H27N5O2. The smallest absolute Gasteiger partial charge is 0.292 e. The molecule has 0 saturated carbocycles. The van der Waals surface area contributed by atoms with E-state index in [2.05, 4.69) is 35.6 Å². The number of hydrogen-bond donors (Lipinski definition) is 1. The van der Waals surface area contributed by atoms with Crippen LogP contribution < -0.4 is 5.32 Å². The van der Waals surface area contributed by atoms with Gasteiger partial charge in [0.2, 0.25) is 5.76 Å². The Morgan fingerprint density at radius 2 is 2.00 bits per heavy atom. The third kappa shape index (κ3) is 3.61. The van der Waals surface area contributed by atoms with Crippen LogP contribution in [0.15, 0.2) is 35.0 Å². The SMILES string of the molecule is Cc1cc(C(=O)N2CCC(c3nc4ccccn4c3NC(C)(C)C)CC2)on1. The molecule has 0 bridgehead atoms. The van der Waals surface area contributed by atoms with Crippen molar-refractivity contribution in [1.82, 2.24) is 19.4 Å². The molecule has 1 amide bonds. The number of amides is 1. The molecule has 1 saturated heterocycles. The lowest BCUT2D eigenvalue weighted by molar-refractivity contribution is 0.0670. The van der Waals surface area contributed by atoms with Gasteiger partial charge in [0.15, 0.2) is 0 Å². The number of carbonyl (C=O) groups excluding carboxylic acids is 1. The zero-order valence-electron chi connectivity index (χ0n) is 16.9. The first kappa shape index (κ1) is 18.5. The Morgan fingerprint density at radius 1 is 1.25 bits per heavy atom. The van der Waals surface area contributed by atoms with Gasteiger partial charge in [-0.3, -0.25) is 9.20 Å². The molecule has 3 aromatic rings. The Balaban J connectivity index is 1.55. The second-order valence-corrected chi connectivity index (χ2v) is 8.55. The van der Waals surface area contributed by atoms with E-state index >= 15 is 0 Å². The molecule has 4 heterocycles. The van der Waals surface area contributed by atoms with Gasteiger partial charge in [0.25, 0.3) is 5.91 Å². The predicted molar refractivity (Wildman–Crippen MR) is 108 cm³/mol. The van der Waals surface area contributed by atoms with E-state index in [-0.39, 0.29) is 11.4 Å². The lowest BCUT2D eigenvalue weighted by Crippen LogP contribution is -2.38. The van der Waals surface area contributed by atoms with E-state index in [4.69, 9.17) is 9.51 Å². The van der Waals surface area contributed by atoms with Crippen LogP contribution >= 0.6 is 0 Å². The minimum absolute atomic E-state index is 0.0681. The van der Waals surface area contributed by atoms with Crippen molar-refractivity contribution in [3.8, 4) is 0 Å². The maximum absolute atomic E-state index is 12.6. The summed E-state index contributed by atoms with van der Waals surface area (Å²) in [7, 11) is 0. The van der Waals surface area contributed by atoms with Crippen LogP contribution in [0, 0.1) is 6.92 Å². The highest BCUT2D eigenvalue weighted by molar-refractivity contribution is 5.91. The largest absolute Gasteiger partial charge is 0.365 e. The molecule has 3 aromatic heterocycles. The zero-order chi connectivity index (χ0) is 19.9. The van der Waals surface area contributed by atoms with E-state index in [0.29, 0.717) is 24.8 Å². The highest BCUT2D eigenvalue weighted by atomic mass is 16.5. The van der Waals surface area contributed by atoms with Gasteiger partial charge in [-0.2, -0.15) is 0 Å². The highest BCUT2D eigenvalue weighted by Crippen LogP contribution is 2.34. The summed E-state index contributed by atoms with van der Waals surface area (Å²) >= 11 is 0. The molecular weight excluding hydrogens is 354 g/mol. The Hall–Kier alpha value is -2.83. The first-order chi connectivity index (χ1) is 13.3. The molecule has 0 radical (unpaired) electrons. The van der Waals surface area contributed by atoms with Gasteiger partial charge in [-0.25, -0.2) is 4.98 Å². The van der Waals surface area contributed by atoms with Crippen LogP contribution in [0.5, 0.6) is 0 Å². The number of aromatic nitrogens is 3. The van der Waals surface area contributed by atoms with Crippen molar-refractivity contribution < 1.29 is 9.32 Å². The highest BCUT2D eigenvalue weighted by Gasteiger charge is 2.30. The molecule has 7 heteroatoms. The number of fused-ring (bicyclic) bond motifs is 1. The predicted octanol–water partition coefficient (Wildman–Crippen LogP) is 3.86. The molecule has 1 aliphatic heterocycles. The van der Waals surface area contributed by atoms with Crippen molar-refractivity contribution in [2.45, 2.75) is 52.0 Å². The molecule has 0 spiro atoms. The summed E-state index contributed by atoms with van der Waals surface area (Å²) in [5, 5.41) is 7.45. The van der Waals surface area contributed by atoms with Gasteiger partial charge in [0.1, 0.15) is 11.5 Å². The molecule has 28 heavy (non-hydrogen) atoms. The standard InChI is InChI=1S/C21H27N5O2/c1-14-13-16(28-24-14)20(27)25-11-8-15(9-12-25)18-19(23-21(2,3)4)26-10-6-5-7-17(26)22-18/h5-7,10,13,15,23H,8-9,11-12H2,1-4H3. The zero-order valence-corrected chi connectivity index (χ0v) is 16.9. The number of hydrogen-bond acceptors (Lipinski definition) is 5. The first-order valence-electron chi connectivity index (χ1n) is 9.79. The summed E-state index contributed by atoms with van der Waals surface area (Å²) in [5.74, 6) is 1.60. The van der Waals surface area contributed by atoms with Crippen molar-refractivity contribution in [3.05, 3.63) is 47.6 Å². The second kappa shape index (κ2) is 6.96. The fourth-order valence-electron chi connectivity index (χ4n) is 3.75. The third-order valence-electron chi connectivity index (χ3n) is 5.06. The molecule has 1 aliphatic rings. The monoisotopic (exact) mass is 381 g/mol. The van der Waals surface area contributed by atoms with Gasteiger partial charge in [-0.15, -0.1) is 0 Å². The molecule has 0 unspecified atom stereocenters. The summed E-state index contributed by atoms with van der Waals surface area (Å²) in [6.45, 7) is 9.65. The topological polar surface area (TPSA) is 75.7 Å². The van der Waals surface area contributed by atoms with Crippen LogP contribution in [0.4, 0.5) is 5.82 Å². The molecule has 0 aliphatic carbocycles. The average Bonchev–Trinajstić information content (AvgIpc) is 3.24. The van der Waals surface area contributed by atoms with Gasteiger partial charge >= 0.3 is 0 Å². The number of aryl methyl sites for hydroxylation is 1. The fourth-order valence-corrected chi connectivity index (χ4v) is 3.75. The molecule has 1 fully saturated rings. The number of likely N-dealkylation sites (tertiary alicyclic amines) is 1. The van der Waals surface area contributed by atoms with Crippen molar-refractivity contribution in [2.24, 2.45) is 0 Å². The van der Waals surface area contributed by atoms with E-state index in [1.54, 1.807) is 6.07 Å². The summed E-state index contributed by atoms with van der Waals surface area (Å²) < 4.78 is 7.26. The van der Waals surface area contributed by atoms with Crippen LogP contribution in [0.25, 0.3) is 5.65 Å². The van der Waals surface area contributed by atoms with Gasteiger partial charge in [-0.05, 0) is 52.7 Å². The molecule has 1 N–H and O–H groups in total. The van der Waals surface area contributed by atoms with Crippen molar-refractivity contribution >= 4 is 17.4 Å². The Morgan fingerprint density at radius 3 is 2.64 bits per heavy atom. The van der Waals surface area contributed by atoms with Crippen LogP contribution in [0.1, 0.15) is 61.5 Å². The van der Waals surface area contributed by atoms with Gasteiger partial charge in [0.05, 0.1) is 11.4 Å². The lowest BCUT2D eigenvalue weighted by Gasteiger charge is -2.32. The number of piperidine rings is 1. The molecule has 7 nitrogen and oxygen atoms in total. The fraction of sp³-hybridized carbons (Fsp3) is 0.476. The van der Waals surface area contributed by atoms with Gasteiger partial charge < -0.3 is 14.7 Å².